The van der Waals surface area contributed by atoms with Crippen LogP contribution in [0.2, 0.25) is 0 Å². The van der Waals surface area contributed by atoms with Gasteiger partial charge in [-0.05, 0) is 36.4 Å². The molecule has 29 heavy (non-hydrogen) atoms. The summed E-state index contributed by atoms with van der Waals surface area (Å²) >= 11 is 0. The van der Waals surface area contributed by atoms with E-state index in [-0.39, 0.29) is 5.78 Å². The number of carbonyl (C=O) groups excluding carboxylic acids is 2. The van der Waals surface area contributed by atoms with Gasteiger partial charge in [-0.1, -0.05) is 48.5 Å². The summed E-state index contributed by atoms with van der Waals surface area (Å²) in [5.74, 6) is 0.632. The topological polar surface area (TPSA) is 61.8 Å². The molecule has 0 radical (unpaired) electrons. The molecule has 0 aliphatic rings. The molecular weight excluding hydrogens is 368 g/mol. The standard InChI is InChI=1S/C24H20O5/c1-27-22-15-13-19(16-23(22)28-2)24(26)29-21-11-7-6-10-18(21)12-14-20(25)17-8-4-3-5-9-17/h3-16H,1-2H3. The number of ether oxygens (including phenoxy) is 3. The van der Waals surface area contributed by atoms with E-state index >= 15 is 0 Å². The summed E-state index contributed by atoms with van der Waals surface area (Å²) in [5.41, 5.74) is 1.52. The van der Waals surface area contributed by atoms with E-state index in [0.29, 0.717) is 33.9 Å². The highest BCUT2D eigenvalue weighted by Gasteiger charge is 2.14. The number of ketones is 1. The maximum Gasteiger partial charge on any atom is 0.343 e. The predicted molar refractivity (Wildman–Crippen MR) is 111 cm³/mol. The minimum atomic E-state index is -0.541. The Kier molecular flexibility index (Phi) is 6.43. The minimum Gasteiger partial charge on any atom is -0.493 e. The maximum absolute atomic E-state index is 12.6. The van der Waals surface area contributed by atoms with Gasteiger partial charge in [0.15, 0.2) is 17.3 Å². The number of hydrogen-bond donors (Lipinski definition) is 0. The fourth-order valence-corrected chi connectivity index (χ4v) is 2.70. The van der Waals surface area contributed by atoms with Gasteiger partial charge in [0, 0.05) is 11.1 Å². The van der Waals surface area contributed by atoms with E-state index < -0.39 is 5.97 Å². The van der Waals surface area contributed by atoms with Gasteiger partial charge in [-0.3, -0.25) is 4.79 Å². The monoisotopic (exact) mass is 388 g/mol. The number of methoxy groups -OCH3 is 2. The molecule has 0 aliphatic heterocycles. The van der Waals surface area contributed by atoms with Crippen molar-refractivity contribution in [3.63, 3.8) is 0 Å². The third-order valence-corrected chi connectivity index (χ3v) is 4.21. The van der Waals surface area contributed by atoms with E-state index in [1.54, 1.807) is 72.8 Å². The van der Waals surface area contributed by atoms with Gasteiger partial charge in [0.2, 0.25) is 0 Å². The Morgan fingerprint density at radius 3 is 2.14 bits per heavy atom. The van der Waals surface area contributed by atoms with Gasteiger partial charge in [-0.15, -0.1) is 0 Å². The number of para-hydroxylation sites is 1. The van der Waals surface area contributed by atoms with Crippen LogP contribution in [-0.4, -0.2) is 26.0 Å². The van der Waals surface area contributed by atoms with Gasteiger partial charge < -0.3 is 14.2 Å². The highest BCUT2D eigenvalue weighted by molar-refractivity contribution is 6.07. The van der Waals surface area contributed by atoms with Crippen LogP contribution in [0.3, 0.4) is 0 Å². The fourth-order valence-electron chi connectivity index (χ4n) is 2.70. The fraction of sp³-hybridized carbons (Fsp3) is 0.0833. The Morgan fingerprint density at radius 2 is 1.41 bits per heavy atom. The number of rotatable bonds is 7. The zero-order chi connectivity index (χ0) is 20.6. The summed E-state index contributed by atoms with van der Waals surface area (Å²) in [5, 5.41) is 0. The zero-order valence-electron chi connectivity index (χ0n) is 16.1. The molecule has 3 aromatic carbocycles. The molecule has 0 N–H and O–H groups in total. The molecule has 0 spiro atoms. The lowest BCUT2D eigenvalue weighted by Crippen LogP contribution is -2.09. The van der Waals surface area contributed by atoms with Crippen molar-refractivity contribution >= 4 is 17.8 Å². The van der Waals surface area contributed by atoms with E-state index in [1.807, 2.05) is 6.07 Å². The van der Waals surface area contributed by atoms with Crippen molar-refractivity contribution in [2.24, 2.45) is 0 Å². The molecule has 0 atom stereocenters. The number of esters is 1. The second-order valence-electron chi connectivity index (χ2n) is 6.06. The van der Waals surface area contributed by atoms with Crippen LogP contribution in [0.15, 0.2) is 78.9 Å². The summed E-state index contributed by atoms with van der Waals surface area (Å²) in [7, 11) is 3.02. The summed E-state index contributed by atoms with van der Waals surface area (Å²) in [6.07, 6.45) is 3.09. The van der Waals surface area contributed by atoms with Crippen molar-refractivity contribution in [3.8, 4) is 17.2 Å². The molecule has 0 fully saturated rings. The second-order valence-corrected chi connectivity index (χ2v) is 6.06. The third-order valence-electron chi connectivity index (χ3n) is 4.21. The molecule has 0 saturated carbocycles. The van der Waals surface area contributed by atoms with Gasteiger partial charge in [0.1, 0.15) is 5.75 Å². The quantitative estimate of drug-likeness (QED) is 0.251. The van der Waals surface area contributed by atoms with Gasteiger partial charge in [0.25, 0.3) is 0 Å². The molecule has 0 amide bonds. The molecule has 146 valence electrons. The number of benzene rings is 3. The molecule has 3 aromatic rings. The number of carbonyl (C=O) groups is 2. The third kappa shape index (κ3) is 4.90. The van der Waals surface area contributed by atoms with E-state index in [1.165, 1.54) is 20.3 Å². The zero-order valence-corrected chi connectivity index (χ0v) is 16.1. The lowest BCUT2D eigenvalue weighted by Gasteiger charge is -2.10. The van der Waals surface area contributed by atoms with Crippen LogP contribution in [-0.2, 0) is 0 Å². The molecule has 0 bridgehead atoms. The first-order valence-corrected chi connectivity index (χ1v) is 8.93. The summed E-state index contributed by atoms with van der Waals surface area (Å²) in [6.45, 7) is 0. The lowest BCUT2D eigenvalue weighted by atomic mass is 10.1. The van der Waals surface area contributed by atoms with Crippen molar-refractivity contribution in [2.75, 3.05) is 14.2 Å². The van der Waals surface area contributed by atoms with Crippen LogP contribution in [0, 0.1) is 0 Å². The Morgan fingerprint density at radius 1 is 0.724 bits per heavy atom. The first-order valence-electron chi connectivity index (χ1n) is 8.93. The first kappa shape index (κ1) is 19.9. The Hall–Kier alpha value is -3.86. The molecule has 0 aliphatic carbocycles. The van der Waals surface area contributed by atoms with Gasteiger partial charge in [-0.25, -0.2) is 4.79 Å². The molecule has 3 rings (SSSR count). The summed E-state index contributed by atoms with van der Waals surface area (Å²) < 4.78 is 16.0. The van der Waals surface area contributed by atoms with Crippen molar-refractivity contribution in [1.82, 2.24) is 0 Å². The van der Waals surface area contributed by atoms with Crippen LogP contribution < -0.4 is 14.2 Å². The SMILES string of the molecule is COc1ccc(C(=O)Oc2ccccc2C=CC(=O)c2ccccc2)cc1OC. The Labute approximate surface area is 169 Å². The lowest BCUT2D eigenvalue weighted by molar-refractivity contribution is 0.0733. The van der Waals surface area contributed by atoms with E-state index in [0.717, 1.165) is 0 Å². The largest absolute Gasteiger partial charge is 0.493 e. The molecule has 5 heteroatoms. The molecule has 5 nitrogen and oxygen atoms in total. The van der Waals surface area contributed by atoms with Crippen LogP contribution in [0.5, 0.6) is 17.2 Å². The van der Waals surface area contributed by atoms with Gasteiger partial charge in [-0.2, -0.15) is 0 Å². The van der Waals surface area contributed by atoms with Crippen molar-refractivity contribution < 1.29 is 23.8 Å². The van der Waals surface area contributed by atoms with E-state index in [9.17, 15) is 9.59 Å². The smallest absolute Gasteiger partial charge is 0.343 e. The van der Waals surface area contributed by atoms with Gasteiger partial charge >= 0.3 is 5.97 Å². The summed E-state index contributed by atoms with van der Waals surface area (Å²) in [6, 6.07) is 20.7. The average Bonchev–Trinajstić information content (AvgIpc) is 2.78. The molecule has 0 unspecified atom stereocenters. The highest BCUT2D eigenvalue weighted by Crippen LogP contribution is 2.28. The molecular formula is C24H20O5. The minimum absolute atomic E-state index is 0.133. The summed E-state index contributed by atoms with van der Waals surface area (Å²) in [4.78, 5) is 24.9. The van der Waals surface area contributed by atoms with Crippen molar-refractivity contribution in [1.29, 1.82) is 0 Å². The Balaban J connectivity index is 1.79. The van der Waals surface area contributed by atoms with Crippen LogP contribution in [0.4, 0.5) is 0 Å². The first-order chi connectivity index (χ1) is 14.1. The average molecular weight is 388 g/mol. The van der Waals surface area contributed by atoms with Crippen molar-refractivity contribution in [2.45, 2.75) is 0 Å². The molecule has 0 saturated heterocycles. The Bertz CT molecular complexity index is 1040. The van der Waals surface area contributed by atoms with Crippen LogP contribution in [0.1, 0.15) is 26.3 Å². The normalized spacial score (nSPS) is 10.6. The molecule has 0 aromatic heterocycles. The maximum atomic E-state index is 12.6. The van der Waals surface area contributed by atoms with Crippen LogP contribution >= 0.6 is 0 Å². The van der Waals surface area contributed by atoms with E-state index in [2.05, 4.69) is 0 Å². The second kappa shape index (κ2) is 9.37. The van der Waals surface area contributed by atoms with Crippen LogP contribution in [0.25, 0.3) is 6.08 Å². The van der Waals surface area contributed by atoms with E-state index in [4.69, 9.17) is 14.2 Å². The molecule has 0 heterocycles. The predicted octanol–water partition coefficient (Wildman–Crippen LogP) is 4.82. The number of hydrogen-bond acceptors (Lipinski definition) is 5. The van der Waals surface area contributed by atoms with Gasteiger partial charge in [0.05, 0.1) is 19.8 Å². The number of allylic oxidation sites excluding steroid dienone is 1. The van der Waals surface area contributed by atoms with Crippen molar-refractivity contribution in [3.05, 3.63) is 95.6 Å². The highest BCUT2D eigenvalue weighted by atomic mass is 16.5.